The van der Waals surface area contributed by atoms with Crippen molar-refractivity contribution in [3.63, 3.8) is 0 Å². The van der Waals surface area contributed by atoms with Crippen molar-refractivity contribution in [1.82, 2.24) is 4.98 Å². The van der Waals surface area contributed by atoms with Crippen molar-refractivity contribution in [2.45, 2.75) is 33.1 Å². The lowest BCUT2D eigenvalue weighted by Crippen LogP contribution is -2.11. The van der Waals surface area contributed by atoms with E-state index in [1.807, 2.05) is 54.6 Å². The number of carbonyl (C=O) groups is 1. The smallest absolute Gasteiger partial charge is 0.255 e. The van der Waals surface area contributed by atoms with Crippen LogP contribution in [0.25, 0.3) is 22.6 Å². The van der Waals surface area contributed by atoms with Crippen LogP contribution < -0.4 is 5.32 Å². The first-order chi connectivity index (χ1) is 14.0. The Balaban J connectivity index is 1.55. The summed E-state index contributed by atoms with van der Waals surface area (Å²) in [7, 11) is 0. The standard InChI is InChI=1S/C25H24N2O2/c1-4-17-5-7-19(8-6-17)24(28)26-21-13-14-23-22(15-21)27-25(29-23)20-11-9-18(10-12-20)16(2)3/h5-16H,4H2,1-3H3,(H,26,28). The molecule has 1 aromatic heterocycles. The van der Waals surface area contributed by atoms with Gasteiger partial charge < -0.3 is 9.73 Å². The zero-order chi connectivity index (χ0) is 20.4. The molecule has 1 amide bonds. The van der Waals surface area contributed by atoms with E-state index in [0.29, 0.717) is 34.2 Å². The van der Waals surface area contributed by atoms with Crippen molar-refractivity contribution in [3.8, 4) is 11.5 Å². The summed E-state index contributed by atoms with van der Waals surface area (Å²) in [4.78, 5) is 17.1. The summed E-state index contributed by atoms with van der Waals surface area (Å²) < 4.78 is 5.90. The van der Waals surface area contributed by atoms with Crippen molar-refractivity contribution < 1.29 is 9.21 Å². The molecule has 4 rings (SSSR count). The summed E-state index contributed by atoms with van der Waals surface area (Å²) in [5.41, 5.74) is 6.16. The van der Waals surface area contributed by atoms with Crippen LogP contribution in [0.1, 0.15) is 48.2 Å². The topological polar surface area (TPSA) is 55.1 Å². The van der Waals surface area contributed by atoms with E-state index in [2.05, 4.69) is 43.2 Å². The molecule has 146 valence electrons. The van der Waals surface area contributed by atoms with Gasteiger partial charge in [-0.3, -0.25) is 4.79 Å². The molecular weight excluding hydrogens is 360 g/mol. The van der Waals surface area contributed by atoms with E-state index in [9.17, 15) is 4.79 Å². The highest BCUT2D eigenvalue weighted by Crippen LogP contribution is 2.27. The fourth-order valence-electron chi connectivity index (χ4n) is 3.23. The third kappa shape index (κ3) is 4.06. The predicted molar refractivity (Wildman–Crippen MR) is 117 cm³/mol. The normalized spacial score (nSPS) is 11.2. The van der Waals surface area contributed by atoms with Gasteiger partial charge in [0.15, 0.2) is 5.58 Å². The average molecular weight is 384 g/mol. The Morgan fingerprint density at radius 3 is 2.38 bits per heavy atom. The largest absolute Gasteiger partial charge is 0.436 e. The third-order valence-corrected chi connectivity index (χ3v) is 5.09. The third-order valence-electron chi connectivity index (χ3n) is 5.09. The monoisotopic (exact) mass is 384 g/mol. The molecule has 0 bridgehead atoms. The van der Waals surface area contributed by atoms with Gasteiger partial charge in [0.1, 0.15) is 5.52 Å². The molecule has 0 unspecified atom stereocenters. The zero-order valence-electron chi connectivity index (χ0n) is 16.9. The van der Waals surface area contributed by atoms with Crippen LogP contribution in [0.3, 0.4) is 0 Å². The first kappa shape index (κ1) is 18.9. The van der Waals surface area contributed by atoms with Gasteiger partial charge in [0, 0.05) is 16.8 Å². The van der Waals surface area contributed by atoms with Crippen LogP contribution in [0.2, 0.25) is 0 Å². The number of rotatable bonds is 5. The summed E-state index contributed by atoms with van der Waals surface area (Å²) in [5, 5.41) is 2.94. The molecule has 0 aliphatic rings. The van der Waals surface area contributed by atoms with Crippen molar-refractivity contribution in [2.24, 2.45) is 0 Å². The number of nitrogens with zero attached hydrogens (tertiary/aromatic N) is 1. The van der Waals surface area contributed by atoms with Crippen molar-refractivity contribution in [2.75, 3.05) is 5.32 Å². The van der Waals surface area contributed by atoms with E-state index >= 15 is 0 Å². The van der Waals surface area contributed by atoms with Crippen LogP contribution in [-0.2, 0) is 6.42 Å². The fourth-order valence-corrected chi connectivity index (χ4v) is 3.23. The minimum Gasteiger partial charge on any atom is -0.436 e. The Kier molecular flexibility index (Phi) is 5.17. The van der Waals surface area contributed by atoms with Crippen LogP contribution in [0, 0.1) is 0 Å². The van der Waals surface area contributed by atoms with E-state index < -0.39 is 0 Å². The molecule has 29 heavy (non-hydrogen) atoms. The number of benzene rings is 3. The van der Waals surface area contributed by atoms with Gasteiger partial charge in [0.2, 0.25) is 5.89 Å². The molecule has 0 aliphatic carbocycles. The van der Waals surface area contributed by atoms with Crippen LogP contribution in [0.5, 0.6) is 0 Å². The molecule has 0 radical (unpaired) electrons. The number of nitrogens with one attached hydrogen (secondary N) is 1. The molecule has 0 saturated carbocycles. The van der Waals surface area contributed by atoms with Gasteiger partial charge in [-0.2, -0.15) is 0 Å². The molecule has 0 fully saturated rings. The highest BCUT2D eigenvalue weighted by Gasteiger charge is 2.11. The van der Waals surface area contributed by atoms with Gasteiger partial charge in [-0.05, 0) is 65.9 Å². The van der Waals surface area contributed by atoms with Gasteiger partial charge in [-0.1, -0.05) is 45.0 Å². The van der Waals surface area contributed by atoms with Crippen LogP contribution >= 0.6 is 0 Å². The number of amides is 1. The lowest BCUT2D eigenvalue weighted by molar-refractivity contribution is 0.102. The second kappa shape index (κ2) is 7.92. The SMILES string of the molecule is CCc1ccc(C(=O)Nc2ccc3oc(-c4ccc(C(C)C)cc4)nc3c2)cc1. The number of fused-ring (bicyclic) bond motifs is 1. The van der Waals surface area contributed by atoms with E-state index in [4.69, 9.17) is 4.42 Å². The molecule has 1 N–H and O–H groups in total. The summed E-state index contributed by atoms with van der Waals surface area (Å²) >= 11 is 0. The van der Waals surface area contributed by atoms with E-state index in [1.165, 1.54) is 11.1 Å². The molecule has 4 nitrogen and oxygen atoms in total. The Morgan fingerprint density at radius 1 is 1.00 bits per heavy atom. The number of hydrogen-bond acceptors (Lipinski definition) is 3. The molecule has 1 heterocycles. The highest BCUT2D eigenvalue weighted by molar-refractivity contribution is 6.05. The lowest BCUT2D eigenvalue weighted by Gasteiger charge is -2.05. The molecular formula is C25H24N2O2. The van der Waals surface area contributed by atoms with Gasteiger partial charge in [0.25, 0.3) is 5.91 Å². The van der Waals surface area contributed by atoms with Gasteiger partial charge in [-0.15, -0.1) is 0 Å². The fraction of sp³-hybridized carbons (Fsp3) is 0.200. The van der Waals surface area contributed by atoms with Gasteiger partial charge in [0.05, 0.1) is 0 Å². The molecule has 3 aromatic carbocycles. The van der Waals surface area contributed by atoms with Crippen molar-refractivity contribution >= 4 is 22.7 Å². The lowest BCUT2D eigenvalue weighted by atomic mass is 10.0. The summed E-state index contributed by atoms with van der Waals surface area (Å²) in [6.07, 6.45) is 0.952. The maximum atomic E-state index is 12.5. The van der Waals surface area contributed by atoms with Crippen molar-refractivity contribution in [1.29, 1.82) is 0 Å². The molecule has 4 aromatic rings. The Morgan fingerprint density at radius 2 is 1.72 bits per heavy atom. The van der Waals surface area contributed by atoms with Crippen LogP contribution in [-0.4, -0.2) is 10.9 Å². The summed E-state index contributed by atoms with van der Waals surface area (Å²) in [6.45, 7) is 6.43. The Labute approximate surface area is 170 Å². The van der Waals surface area contributed by atoms with E-state index in [1.54, 1.807) is 0 Å². The predicted octanol–water partition coefficient (Wildman–Crippen LogP) is 6.43. The highest BCUT2D eigenvalue weighted by atomic mass is 16.3. The summed E-state index contributed by atoms with van der Waals surface area (Å²) in [6, 6.07) is 21.4. The van der Waals surface area contributed by atoms with Crippen LogP contribution in [0.4, 0.5) is 5.69 Å². The maximum absolute atomic E-state index is 12.5. The van der Waals surface area contributed by atoms with Gasteiger partial charge >= 0.3 is 0 Å². The number of anilines is 1. The number of hydrogen-bond donors (Lipinski definition) is 1. The number of aromatic nitrogens is 1. The Hall–Kier alpha value is -3.40. The minimum atomic E-state index is -0.139. The zero-order valence-corrected chi connectivity index (χ0v) is 16.9. The van der Waals surface area contributed by atoms with Gasteiger partial charge in [-0.25, -0.2) is 4.98 Å². The molecule has 0 saturated heterocycles. The molecule has 0 atom stereocenters. The number of carbonyl (C=O) groups excluding carboxylic acids is 1. The second-order valence-corrected chi connectivity index (χ2v) is 7.48. The first-order valence-electron chi connectivity index (χ1n) is 9.94. The van der Waals surface area contributed by atoms with Crippen molar-refractivity contribution in [3.05, 3.63) is 83.4 Å². The molecule has 0 aliphatic heterocycles. The van der Waals surface area contributed by atoms with E-state index in [0.717, 1.165) is 12.0 Å². The minimum absolute atomic E-state index is 0.139. The molecule has 4 heteroatoms. The summed E-state index contributed by atoms with van der Waals surface area (Å²) in [5.74, 6) is 0.922. The van der Waals surface area contributed by atoms with Crippen LogP contribution in [0.15, 0.2) is 71.1 Å². The molecule has 0 spiro atoms. The maximum Gasteiger partial charge on any atom is 0.255 e. The number of oxazole rings is 1. The quantitative estimate of drug-likeness (QED) is 0.431. The number of aryl methyl sites for hydroxylation is 1. The first-order valence-corrected chi connectivity index (χ1v) is 9.94. The van der Waals surface area contributed by atoms with E-state index in [-0.39, 0.29) is 5.91 Å². The Bertz CT molecular complexity index is 1140. The average Bonchev–Trinajstić information content (AvgIpc) is 3.17. The second-order valence-electron chi connectivity index (χ2n) is 7.48.